The first-order valence-corrected chi connectivity index (χ1v) is 7.63. The van der Waals surface area contributed by atoms with Gasteiger partial charge in [-0.2, -0.15) is 0 Å². The number of urea groups is 1. The first kappa shape index (κ1) is 16.1. The van der Waals surface area contributed by atoms with E-state index in [0.717, 1.165) is 13.0 Å². The van der Waals surface area contributed by atoms with Crippen molar-refractivity contribution in [3.8, 4) is 0 Å². The summed E-state index contributed by atoms with van der Waals surface area (Å²) in [5.74, 6) is 0.0367. The highest BCUT2D eigenvalue weighted by atomic mass is 32.2. The summed E-state index contributed by atoms with van der Waals surface area (Å²) < 4.78 is 0. The smallest absolute Gasteiger partial charge is 0.327 e. The van der Waals surface area contributed by atoms with E-state index < -0.39 is 12.0 Å². The SMILES string of the molecule is CCCN(CCN(C)C)C(=O)N1CSC[C@H]1C(=O)O. The molecule has 0 aliphatic carbocycles. The summed E-state index contributed by atoms with van der Waals surface area (Å²) in [6.45, 7) is 4.10. The lowest BCUT2D eigenvalue weighted by Crippen LogP contribution is -2.50. The first-order valence-electron chi connectivity index (χ1n) is 6.48. The van der Waals surface area contributed by atoms with E-state index in [0.29, 0.717) is 24.7 Å². The molecule has 0 spiro atoms. The van der Waals surface area contributed by atoms with Gasteiger partial charge in [0.25, 0.3) is 0 Å². The molecule has 1 rings (SSSR count). The number of hydrogen-bond acceptors (Lipinski definition) is 4. The Morgan fingerprint density at radius 1 is 1.32 bits per heavy atom. The Kier molecular flexibility index (Phi) is 6.44. The number of carboxylic acid groups (broad SMARTS) is 1. The van der Waals surface area contributed by atoms with Gasteiger partial charge in [0.15, 0.2) is 0 Å². The predicted octanol–water partition coefficient (Wildman–Crippen LogP) is 0.839. The summed E-state index contributed by atoms with van der Waals surface area (Å²) in [7, 11) is 3.92. The summed E-state index contributed by atoms with van der Waals surface area (Å²) in [5, 5.41) is 9.13. The molecule has 19 heavy (non-hydrogen) atoms. The number of thioether (sulfide) groups is 1. The van der Waals surface area contributed by atoms with Crippen LogP contribution in [0.4, 0.5) is 4.79 Å². The van der Waals surface area contributed by atoms with E-state index in [-0.39, 0.29) is 6.03 Å². The lowest BCUT2D eigenvalue weighted by atomic mass is 10.3. The van der Waals surface area contributed by atoms with Gasteiger partial charge in [-0.25, -0.2) is 9.59 Å². The van der Waals surface area contributed by atoms with Crippen LogP contribution in [0.15, 0.2) is 0 Å². The van der Waals surface area contributed by atoms with Crippen molar-refractivity contribution in [3.63, 3.8) is 0 Å². The van der Waals surface area contributed by atoms with Crippen molar-refractivity contribution in [2.24, 2.45) is 0 Å². The van der Waals surface area contributed by atoms with Crippen LogP contribution in [-0.4, -0.2) is 83.2 Å². The number of likely N-dealkylation sites (N-methyl/N-ethyl adjacent to an activating group) is 1. The van der Waals surface area contributed by atoms with Crippen LogP contribution in [0, 0.1) is 0 Å². The van der Waals surface area contributed by atoms with E-state index in [1.807, 2.05) is 25.9 Å². The molecule has 0 aromatic heterocycles. The molecule has 2 amide bonds. The monoisotopic (exact) mass is 289 g/mol. The zero-order valence-electron chi connectivity index (χ0n) is 11.8. The minimum atomic E-state index is -0.914. The Bertz CT molecular complexity index is 325. The van der Waals surface area contributed by atoms with Crippen molar-refractivity contribution < 1.29 is 14.7 Å². The van der Waals surface area contributed by atoms with Crippen LogP contribution in [0.3, 0.4) is 0 Å². The first-order chi connectivity index (χ1) is 8.97. The van der Waals surface area contributed by atoms with Crippen LogP contribution in [0.25, 0.3) is 0 Å². The van der Waals surface area contributed by atoms with Crippen LogP contribution in [0.1, 0.15) is 13.3 Å². The Morgan fingerprint density at radius 3 is 2.53 bits per heavy atom. The number of carbonyl (C=O) groups excluding carboxylic acids is 1. The number of rotatable bonds is 6. The van der Waals surface area contributed by atoms with Gasteiger partial charge < -0.3 is 19.8 Å². The normalized spacial score (nSPS) is 18.9. The number of aliphatic carboxylic acids is 1. The van der Waals surface area contributed by atoms with Crippen molar-refractivity contribution >= 4 is 23.8 Å². The molecule has 0 radical (unpaired) electrons. The summed E-state index contributed by atoms with van der Waals surface area (Å²) in [6, 6.07) is -0.836. The van der Waals surface area contributed by atoms with Crippen molar-refractivity contribution in [1.82, 2.24) is 14.7 Å². The molecule has 6 nitrogen and oxygen atoms in total. The average molecular weight is 289 g/mol. The van der Waals surface area contributed by atoms with Gasteiger partial charge in [0.1, 0.15) is 6.04 Å². The topological polar surface area (TPSA) is 64.1 Å². The molecule has 110 valence electrons. The van der Waals surface area contributed by atoms with E-state index in [2.05, 4.69) is 0 Å². The van der Waals surface area contributed by atoms with E-state index in [4.69, 9.17) is 5.11 Å². The summed E-state index contributed by atoms with van der Waals surface area (Å²) in [4.78, 5) is 28.8. The van der Waals surface area contributed by atoms with Gasteiger partial charge in [0, 0.05) is 25.4 Å². The third-order valence-corrected chi connectivity index (χ3v) is 4.01. The molecular weight excluding hydrogens is 266 g/mol. The van der Waals surface area contributed by atoms with E-state index in [1.54, 1.807) is 4.90 Å². The molecule has 0 aromatic carbocycles. The standard InChI is InChI=1S/C12H23N3O3S/c1-4-5-14(7-6-13(2)3)12(18)15-9-19-8-10(15)11(16)17/h10H,4-9H2,1-3H3,(H,16,17)/t10-/m0/s1. The minimum absolute atomic E-state index is 0.152. The summed E-state index contributed by atoms with van der Waals surface area (Å²) in [5.41, 5.74) is 0. The van der Waals surface area contributed by atoms with E-state index in [1.165, 1.54) is 16.7 Å². The second kappa shape index (κ2) is 7.59. The molecule has 1 saturated heterocycles. The molecule has 7 heteroatoms. The maximum atomic E-state index is 12.4. The molecule has 0 bridgehead atoms. The number of carbonyl (C=O) groups is 2. The van der Waals surface area contributed by atoms with Crippen LogP contribution in [-0.2, 0) is 4.79 Å². The maximum absolute atomic E-state index is 12.4. The lowest BCUT2D eigenvalue weighted by Gasteiger charge is -2.30. The second-order valence-electron chi connectivity index (χ2n) is 4.90. The van der Waals surface area contributed by atoms with E-state index in [9.17, 15) is 9.59 Å². The van der Waals surface area contributed by atoms with Crippen molar-refractivity contribution in [2.45, 2.75) is 19.4 Å². The highest BCUT2D eigenvalue weighted by Crippen LogP contribution is 2.22. The lowest BCUT2D eigenvalue weighted by molar-refractivity contribution is -0.140. The van der Waals surface area contributed by atoms with Gasteiger partial charge in [0.2, 0.25) is 0 Å². The Balaban J connectivity index is 2.66. The second-order valence-corrected chi connectivity index (χ2v) is 5.90. The largest absolute Gasteiger partial charge is 0.480 e. The highest BCUT2D eigenvalue weighted by molar-refractivity contribution is 7.99. The van der Waals surface area contributed by atoms with E-state index >= 15 is 0 Å². The summed E-state index contributed by atoms with van der Waals surface area (Å²) in [6.07, 6.45) is 0.873. The molecule has 1 fully saturated rings. The molecule has 0 unspecified atom stereocenters. The number of carboxylic acids is 1. The molecule has 0 aromatic rings. The Morgan fingerprint density at radius 2 is 2.00 bits per heavy atom. The quantitative estimate of drug-likeness (QED) is 0.785. The van der Waals surface area contributed by atoms with Crippen LogP contribution < -0.4 is 0 Å². The van der Waals surface area contributed by atoms with Crippen LogP contribution in [0.5, 0.6) is 0 Å². The average Bonchev–Trinajstić information content (AvgIpc) is 2.82. The maximum Gasteiger partial charge on any atom is 0.327 e. The van der Waals surface area contributed by atoms with Gasteiger partial charge >= 0.3 is 12.0 Å². The van der Waals surface area contributed by atoms with Gasteiger partial charge in [-0.1, -0.05) is 6.92 Å². The molecule has 1 aliphatic heterocycles. The molecule has 0 saturated carbocycles. The van der Waals surface area contributed by atoms with Gasteiger partial charge in [-0.15, -0.1) is 11.8 Å². The molecular formula is C12H23N3O3S. The van der Waals surface area contributed by atoms with Crippen molar-refractivity contribution in [1.29, 1.82) is 0 Å². The fourth-order valence-corrected chi connectivity index (χ4v) is 3.05. The van der Waals surface area contributed by atoms with Crippen molar-refractivity contribution in [2.75, 3.05) is 45.4 Å². The zero-order valence-corrected chi connectivity index (χ0v) is 12.7. The fourth-order valence-electron chi connectivity index (χ4n) is 1.91. The number of amides is 2. The highest BCUT2D eigenvalue weighted by Gasteiger charge is 2.36. The van der Waals surface area contributed by atoms with Crippen LogP contribution >= 0.6 is 11.8 Å². The van der Waals surface area contributed by atoms with Gasteiger partial charge in [-0.3, -0.25) is 0 Å². The minimum Gasteiger partial charge on any atom is -0.480 e. The Hall–Kier alpha value is -0.950. The van der Waals surface area contributed by atoms with Gasteiger partial charge in [0.05, 0.1) is 5.88 Å². The Labute approximate surface area is 118 Å². The molecule has 1 heterocycles. The third kappa shape index (κ3) is 4.58. The molecule has 1 aliphatic rings. The number of hydrogen-bond donors (Lipinski definition) is 1. The predicted molar refractivity (Wildman–Crippen MR) is 76.4 cm³/mol. The zero-order chi connectivity index (χ0) is 14.4. The fraction of sp³-hybridized carbons (Fsp3) is 0.833. The number of nitrogens with zero attached hydrogens (tertiary/aromatic N) is 3. The summed E-state index contributed by atoms with van der Waals surface area (Å²) >= 11 is 1.49. The third-order valence-electron chi connectivity index (χ3n) is 2.99. The molecule has 1 atom stereocenters. The van der Waals surface area contributed by atoms with Gasteiger partial charge in [-0.05, 0) is 20.5 Å². The molecule has 1 N–H and O–H groups in total. The van der Waals surface area contributed by atoms with Crippen LogP contribution in [0.2, 0.25) is 0 Å². The van der Waals surface area contributed by atoms with Crippen molar-refractivity contribution in [3.05, 3.63) is 0 Å².